The monoisotopic (exact) mass is 278 g/mol. The minimum Gasteiger partial charge on any atom is -0.494 e. The topological polar surface area (TPSA) is 50.8 Å². The van der Waals surface area contributed by atoms with E-state index in [1.54, 1.807) is 4.90 Å². The predicted octanol–water partition coefficient (Wildman–Crippen LogP) is 2.19. The first kappa shape index (κ1) is 14.7. The summed E-state index contributed by atoms with van der Waals surface area (Å²) in [7, 11) is 0. The van der Waals surface area contributed by atoms with Crippen LogP contribution in [0.1, 0.15) is 25.5 Å². The predicted molar refractivity (Wildman–Crippen MR) is 76.9 cm³/mol. The maximum absolute atomic E-state index is 11.6. The van der Waals surface area contributed by atoms with Gasteiger partial charge in [0.2, 0.25) is 0 Å². The molecule has 1 atom stereocenters. The van der Waals surface area contributed by atoms with Gasteiger partial charge in [-0.2, -0.15) is 0 Å². The van der Waals surface area contributed by atoms with E-state index in [2.05, 4.69) is 12.2 Å². The highest BCUT2D eigenvalue weighted by atomic mass is 16.6. The molecule has 1 aliphatic heterocycles. The molecule has 5 nitrogen and oxygen atoms in total. The summed E-state index contributed by atoms with van der Waals surface area (Å²) in [5, 5.41) is 3.42. The van der Waals surface area contributed by atoms with Gasteiger partial charge in [-0.3, -0.25) is 0 Å². The SMILES string of the molecule is CCNC(CN1CCOC1=O)c1ccccc1OCC. The number of carbonyl (C=O) groups excluding carboxylic acids is 1. The van der Waals surface area contributed by atoms with Crippen LogP contribution in [0.5, 0.6) is 5.75 Å². The summed E-state index contributed by atoms with van der Waals surface area (Å²) in [5.74, 6) is 0.869. The number of rotatable bonds is 7. The van der Waals surface area contributed by atoms with Gasteiger partial charge < -0.3 is 19.7 Å². The first-order chi connectivity index (χ1) is 9.76. The van der Waals surface area contributed by atoms with Gasteiger partial charge in [0.1, 0.15) is 12.4 Å². The largest absolute Gasteiger partial charge is 0.494 e. The molecule has 1 unspecified atom stereocenters. The number of nitrogens with one attached hydrogen (secondary N) is 1. The number of ether oxygens (including phenoxy) is 2. The van der Waals surface area contributed by atoms with Crippen LogP contribution in [0.25, 0.3) is 0 Å². The number of benzene rings is 1. The molecular weight excluding hydrogens is 256 g/mol. The molecular formula is C15H22N2O3. The van der Waals surface area contributed by atoms with Crippen LogP contribution in [-0.4, -0.2) is 43.8 Å². The summed E-state index contributed by atoms with van der Waals surface area (Å²) in [6, 6.07) is 8.01. The van der Waals surface area contributed by atoms with Crippen LogP contribution < -0.4 is 10.1 Å². The van der Waals surface area contributed by atoms with E-state index in [1.807, 2.05) is 31.2 Å². The van der Waals surface area contributed by atoms with Gasteiger partial charge in [0.25, 0.3) is 0 Å². The van der Waals surface area contributed by atoms with Crippen molar-refractivity contribution in [1.29, 1.82) is 0 Å². The first-order valence-corrected chi connectivity index (χ1v) is 7.13. The number of para-hydroxylation sites is 1. The maximum atomic E-state index is 11.6. The molecule has 0 spiro atoms. The third-order valence-corrected chi connectivity index (χ3v) is 3.29. The molecule has 0 aliphatic carbocycles. The van der Waals surface area contributed by atoms with E-state index in [0.29, 0.717) is 26.3 Å². The van der Waals surface area contributed by atoms with Gasteiger partial charge in [0, 0.05) is 12.1 Å². The zero-order valence-corrected chi connectivity index (χ0v) is 12.1. The molecule has 0 bridgehead atoms. The lowest BCUT2D eigenvalue weighted by atomic mass is 10.0. The second-order valence-electron chi connectivity index (χ2n) is 4.64. The summed E-state index contributed by atoms with van der Waals surface area (Å²) in [4.78, 5) is 13.3. The van der Waals surface area contributed by atoms with Gasteiger partial charge >= 0.3 is 6.09 Å². The molecule has 20 heavy (non-hydrogen) atoms. The molecule has 0 aromatic heterocycles. The smallest absolute Gasteiger partial charge is 0.410 e. The second-order valence-corrected chi connectivity index (χ2v) is 4.64. The number of cyclic esters (lactones) is 1. The Morgan fingerprint density at radius 1 is 1.40 bits per heavy atom. The average molecular weight is 278 g/mol. The van der Waals surface area contributed by atoms with Gasteiger partial charge in [-0.25, -0.2) is 4.79 Å². The number of likely N-dealkylation sites (N-methyl/N-ethyl adjacent to an activating group) is 1. The third-order valence-electron chi connectivity index (χ3n) is 3.29. The van der Waals surface area contributed by atoms with Crippen molar-refractivity contribution in [1.82, 2.24) is 10.2 Å². The Bertz CT molecular complexity index is 450. The number of carbonyl (C=O) groups is 1. The summed E-state index contributed by atoms with van der Waals surface area (Å²) < 4.78 is 10.7. The van der Waals surface area contributed by atoms with Crippen LogP contribution in [-0.2, 0) is 4.74 Å². The lowest BCUT2D eigenvalue weighted by molar-refractivity contribution is 0.155. The van der Waals surface area contributed by atoms with Crippen LogP contribution in [0.3, 0.4) is 0 Å². The highest BCUT2D eigenvalue weighted by Crippen LogP contribution is 2.26. The van der Waals surface area contributed by atoms with E-state index in [0.717, 1.165) is 17.9 Å². The van der Waals surface area contributed by atoms with Gasteiger partial charge in [-0.1, -0.05) is 25.1 Å². The average Bonchev–Trinajstić information content (AvgIpc) is 2.85. The minimum atomic E-state index is -0.234. The van der Waals surface area contributed by atoms with Crippen molar-refractivity contribution in [2.75, 3.05) is 32.8 Å². The van der Waals surface area contributed by atoms with Gasteiger partial charge in [0.05, 0.1) is 19.2 Å². The Hall–Kier alpha value is -1.75. The normalized spacial score (nSPS) is 16.1. The number of nitrogens with zero attached hydrogens (tertiary/aromatic N) is 1. The fourth-order valence-electron chi connectivity index (χ4n) is 2.39. The summed E-state index contributed by atoms with van der Waals surface area (Å²) >= 11 is 0. The van der Waals surface area contributed by atoms with Crippen molar-refractivity contribution < 1.29 is 14.3 Å². The zero-order chi connectivity index (χ0) is 14.4. The molecule has 0 radical (unpaired) electrons. The lowest BCUT2D eigenvalue weighted by Crippen LogP contribution is -2.36. The van der Waals surface area contributed by atoms with Crippen LogP contribution in [0.15, 0.2) is 24.3 Å². The van der Waals surface area contributed by atoms with Crippen LogP contribution >= 0.6 is 0 Å². The lowest BCUT2D eigenvalue weighted by Gasteiger charge is -2.25. The molecule has 5 heteroatoms. The van der Waals surface area contributed by atoms with E-state index in [4.69, 9.17) is 9.47 Å². The first-order valence-electron chi connectivity index (χ1n) is 7.13. The minimum absolute atomic E-state index is 0.0494. The Morgan fingerprint density at radius 2 is 2.20 bits per heavy atom. The summed E-state index contributed by atoms with van der Waals surface area (Å²) in [5.41, 5.74) is 1.08. The summed E-state index contributed by atoms with van der Waals surface area (Å²) in [6.07, 6.45) is -0.234. The molecule has 2 rings (SSSR count). The zero-order valence-electron chi connectivity index (χ0n) is 12.1. The van der Waals surface area contributed by atoms with Crippen molar-refractivity contribution in [3.05, 3.63) is 29.8 Å². The van der Waals surface area contributed by atoms with E-state index in [-0.39, 0.29) is 12.1 Å². The Morgan fingerprint density at radius 3 is 2.85 bits per heavy atom. The van der Waals surface area contributed by atoms with E-state index in [1.165, 1.54) is 0 Å². The van der Waals surface area contributed by atoms with Crippen molar-refractivity contribution in [3.63, 3.8) is 0 Å². The van der Waals surface area contributed by atoms with Gasteiger partial charge in [-0.05, 0) is 19.5 Å². The molecule has 110 valence electrons. The molecule has 1 aliphatic rings. The second kappa shape index (κ2) is 7.14. The maximum Gasteiger partial charge on any atom is 0.410 e. The molecule has 1 N–H and O–H groups in total. The van der Waals surface area contributed by atoms with Crippen LogP contribution in [0.2, 0.25) is 0 Å². The standard InChI is InChI=1S/C15H22N2O3/c1-3-16-13(11-17-9-10-20-15(17)18)12-7-5-6-8-14(12)19-4-2/h5-8,13,16H,3-4,9-11H2,1-2H3. The number of amides is 1. The number of hydrogen-bond donors (Lipinski definition) is 1. The van der Waals surface area contributed by atoms with Crippen molar-refractivity contribution in [3.8, 4) is 5.75 Å². The molecule has 1 amide bonds. The fraction of sp³-hybridized carbons (Fsp3) is 0.533. The highest BCUT2D eigenvalue weighted by molar-refractivity contribution is 5.69. The quantitative estimate of drug-likeness (QED) is 0.830. The van der Waals surface area contributed by atoms with E-state index in [9.17, 15) is 4.79 Å². The fourth-order valence-corrected chi connectivity index (χ4v) is 2.39. The Kier molecular flexibility index (Phi) is 5.24. The molecule has 1 fully saturated rings. The van der Waals surface area contributed by atoms with Crippen molar-refractivity contribution in [2.45, 2.75) is 19.9 Å². The van der Waals surface area contributed by atoms with Gasteiger partial charge in [0.15, 0.2) is 0 Å². The third kappa shape index (κ3) is 3.42. The van der Waals surface area contributed by atoms with Crippen molar-refractivity contribution in [2.24, 2.45) is 0 Å². The number of hydrogen-bond acceptors (Lipinski definition) is 4. The molecule has 1 aromatic carbocycles. The summed E-state index contributed by atoms with van der Waals surface area (Å²) in [6.45, 7) is 7.20. The van der Waals surface area contributed by atoms with Gasteiger partial charge in [-0.15, -0.1) is 0 Å². The Balaban J connectivity index is 2.16. The van der Waals surface area contributed by atoms with E-state index < -0.39 is 0 Å². The molecule has 1 aromatic rings. The molecule has 0 saturated carbocycles. The molecule has 1 saturated heterocycles. The highest BCUT2D eigenvalue weighted by Gasteiger charge is 2.26. The molecule has 1 heterocycles. The Labute approximate surface area is 119 Å². The van der Waals surface area contributed by atoms with Crippen molar-refractivity contribution >= 4 is 6.09 Å². The van der Waals surface area contributed by atoms with E-state index >= 15 is 0 Å². The van der Waals surface area contributed by atoms with Crippen LogP contribution in [0.4, 0.5) is 4.79 Å². The van der Waals surface area contributed by atoms with Crippen LogP contribution in [0, 0.1) is 0 Å².